The third kappa shape index (κ3) is 2.56. The van der Waals surface area contributed by atoms with Crippen LogP contribution in [-0.4, -0.2) is 16.3 Å². The van der Waals surface area contributed by atoms with Crippen LogP contribution >= 0.6 is 23.1 Å². The van der Waals surface area contributed by atoms with Gasteiger partial charge in [-0.25, -0.2) is 4.98 Å². The van der Waals surface area contributed by atoms with E-state index in [1.54, 1.807) is 11.3 Å². The van der Waals surface area contributed by atoms with E-state index in [4.69, 9.17) is 10.7 Å². The van der Waals surface area contributed by atoms with Crippen LogP contribution in [0, 0.1) is 5.92 Å². The second-order valence-corrected chi connectivity index (χ2v) is 7.70. The first-order chi connectivity index (χ1) is 8.72. The lowest BCUT2D eigenvalue weighted by atomic mass is 9.87. The molecule has 1 aromatic heterocycles. The zero-order valence-electron chi connectivity index (χ0n) is 10.5. The lowest BCUT2D eigenvalue weighted by Gasteiger charge is -2.31. The number of thiazole rings is 1. The van der Waals surface area contributed by atoms with Crippen molar-refractivity contribution in [2.45, 2.75) is 41.8 Å². The molecule has 1 heterocycles. The molecule has 0 saturated heterocycles. The van der Waals surface area contributed by atoms with Gasteiger partial charge in [0.25, 0.3) is 0 Å². The van der Waals surface area contributed by atoms with Crippen LogP contribution < -0.4 is 5.73 Å². The Labute approximate surface area is 116 Å². The third-order valence-corrected chi connectivity index (χ3v) is 6.14. The van der Waals surface area contributed by atoms with E-state index in [0.717, 1.165) is 17.9 Å². The molecule has 3 atom stereocenters. The highest BCUT2D eigenvalue weighted by Crippen LogP contribution is 2.38. The Balaban J connectivity index is 1.78. The molecule has 0 aliphatic heterocycles. The average molecular weight is 278 g/mol. The number of hydrogen-bond donors (Lipinski definition) is 1. The zero-order chi connectivity index (χ0) is 12.5. The predicted octanol–water partition coefficient (Wildman–Crippen LogP) is 3.90. The minimum atomic E-state index is 0.332. The Morgan fingerprint density at radius 2 is 2.17 bits per heavy atom. The van der Waals surface area contributed by atoms with Gasteiger partial charge in [0.05, 0.1) is 10.2 Å². The molecule has 0 radical (unpaired) electrons. The molecule has 18 heavy (non-hydrogen) atoms. The summed E-state index contributed by atoms with van der Waals surface area (Å²) in [5.41, 5.74) is 7.35. The van der Waals surface area contributed by atoms with Crippen molar-refractivity contribution < 1.29 is 0 Å². The number of thioether (sulfide) groups is 1. The van der Waals surface area contributed by atoms with Crippen LogP contribution in [0.1, 0.15) is 26.2 Å². The van der Waals surface area contributed by atoms with Crippen molar-refractivity contribution >= 4 is 33.3 Å². The highest BCUT2D eigenvalue weighted by atomic mass is 32.2. The third-order valence-electron chi connectivity index (χ3n) is 3.63. The number of nitrogens with two attached hydrogens (primary N) is 1. The van der Waals surface area contributed by atoms with E-state index in [0.29, 0.717) is 11.3 Å². The summed E-state index contributed by atoms with van der Waals surface area (Å²) in [6.45, 7) is 2.33. The van der Waals surface area contributed by atoms with E-state index in [9.17, 15) is 0 Å². The monoisotopic (exact) mass is 278 g/mol. The Kier molecular flexibility index (Phi) is 3.59. The van der Waals surface area contributed by atoms with E-state index in [1.807, 2.05) is 17.8 Å². The van der Waals surface area contributed by atoms with Gasteiger partial charge >= 0.3 is 0 Å². The highest BCUT2D eigenvalue weighted by molar-refractivity contribution is 8.01. The van der Waals surface area contributed by atoms with Gasteiger partial charge in [-0.05, 0) is 37.3 Å². The maximum absolute atomic E-state index is 6.24. The fourth-order valence-corrected chi connectivity index (χ4v) is 5.19. The van der Waals surface area contributed by atoms with Crippen molar-refractivity contribution in [2.24, 2.45) is 11.7 Å². The van der Waals surface area contributed by atoms with Crippen molar-refractivity contribution in [1.82, 2.24) is 4.98 Å². The second-order valence-electron chi connectivity index (χ2n) is 5.19. The first kappa shape index (κ1) is 12.5. The molecule has 96 valence electrons. The molecule has 1 aliphatic carbocycles. The molecule has 1 saturated carbocycles. The second kappa shape index (κ2) is 5.19. The summed E-state index contributed by atoms with van der Waals surface area (Å²) < 4.78 is 2.45. The molecule has 0 bridgehead atoms. The van der Waals surface area contributed by atoms with Gasteiger partial charge in [0.2, 0.25) is 0 Å². The van der Waals surface area contributed by atoms with Crippen LogP contribution in [0.3, 0.4) is 0 Å². The highest BCUT2D eigenvalue weighted by Gasteiger charge is 2.27. The van der Waals surface area contributed by atoms with Crippen molar-refractivity contribution in [2.75, 3.05) is 0 Å². The molecule has 1 aliphatic rings. The van der Waals surface area contributed by atoms with Gasteiger partial charge in [0, 0.05) is 11.3 Å². The van der Waals surface area contributed by atoms with Crippen molar-refractivity contribution in [3.8, 4) is 0 Å². The van der Waals surface area contributed by atoms with Gasteiger partial charge in [-0.2, -0.15) is 0 Å². The molecular weight excluding hydrogens is 260 g/mol. The summed E-state index contributed by atoms with van der Waals surface area (Å²) >= 11 is 3.68. The van der Waals surface area contributed by atoms with Crippen LogP contribution in [0.4, 0.5) is 0 Å². The van der Waals surface area contributed by atoms with Gasteiger partial charge in [0.1, 0.15) is 0 Å². The van der Waals surface area contributed by atoms with Crippen LogP contribution in [0.15, 0.2) is 28.6 Å². The van der Waals surface area contributed by atoms with Crippen LogP contribution in [0.5, 0.6) is 0 Å². The molecule has 0 amide bonds. The number of rotatable bonds is 2. The van der Waals surface area contributed by atoms with E-state index < -0.39 is 0 Å². The van der Waals surface area contributed by atoms with E-state index in [2.05, 4.69) is 25.1 Å². The maximum atomic E-state index is 6.24. The molecule has 2 nitrogen and oxygen atoms in total. The lowest BCUT2D eigenvalue weighted by molar-refractivity contribution is 0.357. The fraction of sp³-hybridized carbons (Fsp3) is 0.500. The largest absolute Gasteiger partial charge is 0.327 e. The number of nitrogens with zero attached hydrogens (tertiary/aromatic N) is 1. The first-order valence-electron chi connectivity index (χ1n) is 6.50. The Bertz CT molecular complexity index is 504. The van der Waals surface area contributed by atoms with E-state index in [1.165, 1.54) is 21.9 Å². The Morgan fingerprint density at radius 1 is 1.33 bits per heavy atom. The standard InChI is InChI=1S/C14H18N2S2/c1-9-6-7-10(15)13(8-9)18-14-16-11-4-2-3-5-12(11)17-14/h2-5,9-10,13H,6-8,15H2,1H3. The first-order valence-corrected chi connectivity index (χ1v) is 8.20. The van der Waals surface area contributed by atoms with Gasteiger partial charge < -0.3 is 5.73 Å². The number of hydrogen-bond acceptors (Lipinski definition) is 4. The molecule has 3 rings (SSSR count). The lowest BCUT2D eigenvalue weighted by Crippen LogP contribution is -2.37. The number of para-hydroxylation sites is 1. The molecule has 1 fully saturated rings. The summed E-state index contributed by atoms with van der Waals surface area (Å²) in [7, 11) is 0. The fourth-order valence-electron chi connectivity index (χ4n) is 2.52. The maximum Gasteiger partial charge on any atom is 0.151 e. The summed E-state index contributed by atoms with van der Waals surface area (Å²) in [6, 6.07) is 8.67. The van der Waals surface area contributed by atoms with Gasteiger partial charge in [-0.1, -0.05) is 30.8 Å². The summed E-state index contributed by atoms with van der Waals surface area (Å²) in [6.07, 6.45) is 3.66. The Morgan fingerprint density at radius 3 is 3.00 bits per heavy atom. The molecule has 2 aromatic rings. The zero-order valence-corrected chi connectivity index (χ0v) is 12.1. The normalized spacial score (nSPS) is 28.7. The number of benzene rings is 1. The molecule has 4 heteroatoms. The van der Waals surface area contributed by atoms with Crippen LogP contribution in [0.2, 0.25) is 0 Å². The summed E-state index contributed by atoms with van der Waals surface area (Å²) in [5, 5.41) is 0.536. The average Bonchev–Trinajstić information content (AvgIpc) is 2.76. The molecule has 0 spiro atoms. The Hall–Kier alpha value is -0.580. The topological polar surface area (TPSA) is 38.9 Å². The van der Waals surface area contributed by atoms with Gasteiger partial charge in [-0.3, -0.25) is 0 Å². The predicted molar refractivity (Wildman–Crippen MR) is 80.3 cm³/mol. The van der Waals surface area contributed by atoms with Gasteiger partial charge in [-0.15, -0.1) is 11.3 Å². The number of aromatic nitrogens is 1. The van der Waals surface area contributed by atoms with Crippen molar-refractivity contribution in [3.05, 3.63) is 24.3 Å². The molecule has 3 unspecified atom stereocenters. The minimum Gasteiger partial charge on any atom is -0.327 e. The van der Waals surface area contributed by atoms with Crippen molar-refractivity contribution in [1.29, 1.82) is 0 Å². The van der Waals surface area contributed by atoms with Crippen LogP contribution in [-0.2, 0) is 0 Å². The van der Waals surface area contributed by atoms with E-state index in [-0.39, 0.29) is 0 Å². The van der Waals surface area contributed by atoms with Gasteiger partial charge in [0.15, 0.2) is 4.34 Å². The summed E-state index contributed by atoms with van der Waals surface area (Å²) in [4.78, 5) is 4.69. The smallest absolute Gasteiger partial charge is 0.151 e. The number of fused-ring (bicyclic) bond motifs is 1. The molecular formula is C14H18N2S2. The molecule has 1 aromatic carbocycles. The molecule has 2 N–H and O–H groups in total. The minimum absolute atomic E-state index is 0.332. The quantitative estimate of drug-likeness (QED) is 0.905. The van der Waals surface area contributed by atoms with Crippen molar-refractivity contribution in [3.63, 3.8) is 0 Å². The van der Waals surface area contributed by atoms with E-state index >= 15 is 0 Å². The SMILES string of the molecule is CC1CCC(N)C(Sc2nc3ccccc3s2)C1. The summed E-state index contributed by atoms with van der Waals surface area (Å²) in [5.74, 6) is 0.802. The van der Waals surface area contributed by atoms with Crippen LogP contribution in [0.25, 0.3) is 10.2 Å².